The second-order valence-corrected chi connectivity index (χ2v) is 0.514. The maximum atomic E-state index is 7.57. The normalized spacial score (nSPS) is 5.40. The number of hydrogen-bond donors (Lipinski definition) is 3. The number of halogens is 2. The van der Waals surface area contributed by atoms with Crippen LogP contribution in [0.4, 0.5) is 0 Å². The average Bonchev–Trinajstić information content (AvgIpc) is 1.73. The van der Waals surface area contributed by atoms with Gasteiger partial charge >= 0.3 is 29.6 Å². The van der Waals surface area contributed by atoms with Gasteiger partial charge in [0.15, 0.2) is 0 Å². The molecule has 0 bridgehead atoms. The maximum absolute atomic E-state index is 7.57. The van der Waals surface area contributed by atoms with Crippen molar-refractivity contribution in [2.75, 3.05) is 6.73 Å². The van der Waals surface area contributed by atoms with Gasteiger partial charge in [0.05, 0.1) is 0 Å². The van der Waals surface area contributed by atoms with E-state index in [0.29, 0.717) is 0 Å². The van der Waals surface area contributed by atoms with E-state index in [9.17, 15) is 0 Å². The first kappa shape index (κ1) is 30.1. The smallest absolute Gasteiger partial charge is 1.00 e. The predicted molar refractivity (Wildman–Crippen MR) is 31.1 cm³/mol. The summed E-state index contributed by atoms with van der Waals surface area (Å²) >= 11 is 0. The van der Waals surface area contributed by atoms with Crippen LogP contribution in [0.15, 0.2) is 0 Å². The van der Waals surface area contributed by atoms with Crippen LogP contribution >= 0.6 is 12.4 Å². The van der Waals surface area contributed by atoms with Gasteiger partial charge in [-0.3, -0.25) is 10.4 Å². The molecule has 0 aromatic carbocycles. The molecule has 0 saturated heterocycles. The number of hydrogen-bond acceptors (Lipinski definition) is 4. The van der Waals surface area contributed by atoms with E-state index in [4.69, 9.17) is 15.5 Å². The average molecular weight is 204 g/mol. The number of aliphatic hydroxyl groups is 1. The van der Waals surface area contributed by atoms with Crippen molar-refractivity contribution in [3.05, 3.63) is 0 Å². The Morgan fingerprint density at radius 1 is 1.20 bits per heavy atom. The summed E-state index contributed by atoms with van der Waals surface area (Å²) in [5, 5.41) is 22.2. The number of hydroxylamine groups is 2. The molecule has 0 fully saturated rings. The Morgan fingerprint density at radius 3 is 1.30 bits per heavy atom. The van der Waals surface area contributed by atoms with Crippen molar-refractivity contribution in [1.29, 1.82) is 0 Å². The van der Waals surface area contributed by atoms with Crippen LogP contribution < -0.4 is 42.0 Å². The van der Waals surface area contributed by atoms with Crippen LogP contribution in [0.3, 0.4) is 0 Å². The minimum Gasteiger partial charge on any atom is -1.00 e. The molecule has 0 unspecified atom stereocenters. The monoisotopic (exact) mass is 203 g/mol. The molecule has 0 aliphatic rings. The minimum atomic E-state index is -0.750. The zero-order valence-corrected chi connectivity index (χ0v) is 9.85. The predicted octanol–water partition coefficient (Wildman–Crippen LogP) is -5.53. The van der Waals surface area contributed by atoms with Gasteiger partial charge < -0.3 is 17.5 Å². The van der Waals surface area contributed by atoms with Gasteiger partial charge in [-0.15, -0.1) is 12.4 Å². The van der Waals surface area contributed by atoms with Crippen molar-refractivity contribution in [1.82, 2.24) is 5.23 Å². The molecule has 0 rings (SSSR count). The van der Waals surface area contributed by atoms with Gasteiger partial charge in [0, 0.05) is 0 Å². The standard InChI is InChI=1S/C2H6.CH5NO3.2ClH.Na/c1-2;3-1-2(4)5;;;/h1-2H3;3-5H,1H2;2*1H;/q;;;;+1/p-1. The van der Waals surface area contributed by atoms with Gasteiger partial charge in [-0.25, -0.2) is 0 Å². The summed E-state index contributed by atoms with van der Waals surface area (Å²) in [6.07, 6.45) is 0. The topological polar surface area (TPSA) is 63.9 Å². The van der Waals surface area contributed by atoms with Crippen molar-refractivity contribution in [2.45, 2.75) is 13.8 Å². The molecule has 62 valence electrons. The second kappa shape index (κ2) is 31.5. The molecule has 7 heteroatoms. The van der Waals surface area contributed by atoms with E-state index < -0.39 is 6.73 Å². The van der Waals surface area contributed by atoms with Crippen LogP contribution in [0.2, 0.25) is 0 Å². The Labute approximate surface area is 95.2 Å². The van der Waals surface area contributed by atoms with E-state index in [1.807, 2.05) is 13.8 Å². The van der Waals surface area contributed by atoms with Crippen LogP contribution in [-0.4, -0.2) is 27.5 Å². The molecule has 0 aromatic rings. The van der Waals surface area contributed by atoms with E-state index >= 15 is 0 Å². The molecule has 4 nitrogen and oxygen atoms in total. The van der Waals surface area contributed by atoms with E-state index in [0.717, 1.165) is 0 Å². The van der Waals surface area contributed by atoms with Crippen molar-refractivity contribution in [2.24, 2.45) is 0 Å². The molecule has 0 aliphatic heterocycles. The zero-order valence-electron chi connectivity index (χ0n) is 6.28. The second-order valence-electron chi connectivity index (χ2n) is 0.514. The van der Waals surface area contributed by atoms with Crippen molar-refractivity contribution >= 4 is 12.4 Å². The summed E-state index contributed by atoms with van der Waals surface area (Å²) in [6, 6.07) is 0. The molecular weight excluding hydrogens is 192 g/mol. The van der Waals surface area contributed by atoms with E-state index in [1.54, 1.807) is 0 Å². The first-order valence-corrected chi connectivity index (χ1v) is 2.03. The molecular formula is C3H12Cl2NNaO3. The quantitative estimate of drug-likeness (QED) is 0.226. The fourth-order valence-electron chi connectivity index (χ4n) is 0. The Bertz CT molecular complexity index is 35.7. The molecule has 0 amide bonds. The first-order chi connectivity index (χ1) is 3.27. The van der Waals surface area contributed by atoms with Crippen molar-refractivity contribution in [3.8, 4) is 0 Å². The molecule has 0 spiro atoms. The largest absolute Gasteiger partial charge is 1.00 e. The Morgan fingerprint density at radius 2 is 1.30 bits per heavy atom. The number of nitrogens with zero attached hydrogens (tertiary/aromatic N) is 1. The number of rotatable bonds is 1. The fraction of sp³-hybridized carbons (Fsp3) is 1.00. The summed E-state index contributed by atoms with van der Waals surface area (Å²) in [4.78, 5) is 0. The third-order valence-corrected chi connectivity index (χ3v) is 0.126. The maximum Gasteiger partial charge on any atom is 1.00 e. The summed E-state index contributed by atoms with van der Waals surface area (Å²) in [7, 11) is 0. The van der Waals surface area contributed by atoms with Crippen LogP contribution in [-0.2, 0) is 0 Å². The molecule has 0 aliphatic carbocycles. The van der Waals surface area contributed by atoms with Gasteiger partial charge in [0.2, 0.25) is 0 Å². The summed E-state index contributed by atoms with van der Waals surface area (Å²) in [6.45, 7) is 3.25. The van der Waals surface area contributed by atoms with Gasteiger partial charge in [-0.05, 0) is 5.23 Å². The fourth-order valence-corrected chi connectivity index (χ4v) is 0. The van der Waals surface area contributed by atoms with E-state index in [1.165, 1.54) is 0 Å². The Balaban J connectivity index is -0.0000000154. The van der Waals surface area contributed by atoms with Gasteiger partial charge in [-0.1, -0.05) is 13.8 Å². The van der Waals surface area contributed by atoms with Crippen LogP contribution in [0.25, 0.3) is 0 Å². The van der Waals surface area contributed by atoms with Crippen LogP contribution in [0, 0.1) is 0 Å². The van der Waals surface area contributed by atoms with Gasteiger partial charge in [0.25, 0.3) is 0 Å². The minimum absolute atomic E-state index is 0. The zero-order chi connectivity index (χ0) is 6.28. The van der Waals surface area contributed by atoms with E-state index in [2.05, 4.69) is 0 Å². The molecule has 0 aromatic heterocycles. The van der Waals surface area contributed by atoms with Gasteiger partial charge in [-0.2, -0.15) is 0 Å². The van der Waals surface area contributed by atoms with Crippen molar-refractivity contribution in [3.63, 3.8) is 0 Å². The summed E-state index contributed by atoms with van der Waals surface area (Å²) in [5.74, 6) is 0. The SMILES string of the molecule is CC.Cl.OCN(O)O.[Cl-].[Na+]. The van der Waals surface area contributed by atoms with Crippen LogP contribution in [0.1, 0.15) is 13.8 Å². The molecule has 0 heterocycles. The van der Waals surface area contributed by atoms with Crippen LogP contribution in [0.5, 0.6) is 0 Å². The molecule has 0 saturated carbocycles. The molecule has 0 radical (unpaired) electrons. The van der Waals surface area contributed by atoms with Crippen molar-refractivity contribution < 1.29 is 57.5 Å². The third kappa shape index (κ3) is 57.1. The molecule has 3 N–H and O–H groups in total. The third-order valence-electron chi connectivity index (χ3n) is 0.126. The number of aliphatic hydroxyl groups excluding tert-OH is 1. The Hall–Kier alpha value is 1.42. The molecule has 0 atom stereocenters. The van der Waals surface area contributed by atoms with E-state index in [-0.39, 0.29) is 59.6 Å². The summed E-state index contributed by atoms with van der Waals surface area (Å²) in [5.41, 5.74) is 0. The molecule has 10 heavy (non-hydrogen) atoms. The summed E-state index contributed by atoms with van der Waals surface area (Å²) < 4.78 is 0. The first-order valence-electron chi connectivity index (χ1n) is 2.03. The Kier molecular flexibility index (Phi) is 94.7. The van der Waals surface area contributed by atoms with Gasteiger partial charge in [0.1, 0.15) is 6.73 Å².